The van der Waals surface area contributed by atoms with Gasteiger partial charge < -0.3 is 9.80 Å². The average molecular weight is 356 g/mol. The predicted molar refractivity (Wildman–Crippen MR) is 111 cm³/mol. The summed E-state index contributed by atoms with van der Waals surface area (Å²) in [5.74, 6) is 0.240. The van der Waals surface area contributed by atoms with Crippen LogP contribution in [0.15, 0.2) is 0 Å². The van der Waals surface area contributed by atoms with E-state index in [9.17, 15) is 4.79 Å². The van der Waals surface area contributed by atoms with E-state index in [1.807, 2.05) is 0 Å². The lowest BCUT2D eigenvalue weighted by atomic mass is 10.0. The van der Waals surface area contributed by atoms with Crippen LogP contribution in [0.5, 0.6) is 0 Å². The number of quaternary nitrogens is 1. The molecule has 0 aromatic carbocycles. The summed E-state index contributed by atoms with van der Waals surface area (Å²) in [4.78, 5) is 11.8. The molecule has 0 saturated carbocycles. The van der Waals surface area contributed by atoms with Crippen LogP contribution in [0.2, 0.25) is 0 Å². The smallest absolute Gasteiger partial charge is 0.219 e. The number of rotatable bonds is 18. The van der Waals surface area contributed by atoms with Crippen molar-refractivity contribution in [3.8, 4) is 0 Å². The summed E-state index contributed by atoms with van der Waals surface area (Å²) in [6.07, 6.45) is 19.4. The third-order valence-electron chi connectivity index (χ3n) is 4.84. The average Bonchev–Trinajstić information content (AvgIpc) is 2.55. The molecule has 1 amide bonds. The van der Waals surface area contributed by atoms with Gasteiger partial charge in [0.15, 0.2) is 0 Å². The maximum absolute atomic E-state index is 11.8. The SMILES string of the molecule is CCCCCCCCCCCCCCCC(=O)NCCC[N+](C)(C)C. The molecule has 0 bridgehead atoms. The highest BCUT2D eigenvalue weighted by Gasteiger charge is 2.06. The normalized spacial score (nSPS) is 11.7. The Morgan fingerprint density at radius 3 is 1.56 bits per heavy atom. The van der Waals surface area contributed by atoms with Crippen molar-refractivity contribution in [2.75, 3.05) is 34.2 Å². The van der Waals surface area contributed by atoms with Crippen molar-refractivity contribution < 1.29 is 9.28 Å². The van der Waals surface area contributed by atoms with E-state index in [0.717, 1.165) is 30.4 Å². The van der Waals surface area contributed by atoms with Gasteiger partial charge in [0, 0.05) is 19.4 Å². The third kappa shape index (κ3) is 21.4. The largest absolute Gasteiger partial charge is 0.356 e. The van der Waals surface area contributed by atoms with Crippen LogP contribution in [0, 0.1) is 0 Å². The van der Waals surface area contributed by atoms with Crippen molar-refractivity contribution in [2.24, 2.45) is 0 Å². The standard InChI is InChI=1S/C22H46N2O/c1-5-6-7-8-9-10-11-12-13-14-15-16-17-19-22(25)23-20-18-21-24(2,3)4/h5-21H2,1-4H3/p+1. The summed E-state index contributed by atoms with van der Waals surface area (Å²) < 4.78 is 0.967. The molecule has 0 fully saturated rings. The van der Waals surface area contributed by atoms with Crippen LogP contribution >= 0.6 is 0 Å². The van der Waals surface area contributed by atoms with E-state index in [0.29, 0.717) is 6.42 Å². The van der Waals surface area contributed by atoms with E-state index in [-0.39, 0.29) is 5.91 Å². The third-order valence-corrected chi connectivity index (χ3v) is 4.84. The number of unbranched alkanes of at least 4 members (excludes halogenated alkanes) is 12. The molecule has 0 aromatic heterocycles. The van der Waals surface area contributed by atoms with Gasteiger partial charge in [0.2, 0.25) is 5.91 Å². The molecule has 0 aromatic rings. The summed E-state index contributed by atoms with van der Waals surface area (Å²) >= 11 is 0. The monoisotopic (exact) mass is 355 g/mol. The highest BCUT2D eigenvalue weighted by molar-refractivity contribution is 5.75. The number of nitrogens with zero attached hydrogens (tertiary/aromatic N) is 1. The first-order chi connectivity index (χ1) is 12.0. The van der Waals surface area contributed by atoms with Crippen LogP contribution < -0.4 is 5.32 Å². The Morgan fingerprint density at radius 2 is 1.12 bits per heavy atom. The highest BCUT2D eigenvalue weighted by atomic mass is 16.1. The van der Waals surface area contributed by atoms with E-state index >= 15 is 0 Å². The number of carbonyl (C=O) groups is 1. The summed E-state index contributed by atoms with van der Waals surface area (Å²) in [6.45, 7) is 4.21. The molecule has 0 aliphatic heterocycles. The molecule has 1 N–H and O–H groups in total. The van der Waals surface area contributed by atoms with E-state index < -0.39 is 0 Å². The quantitative estimate of drug-likeness (QED) is 0.249. The zero-order valence-corrected chi connectivity index (χ0v) is 17.9. The molecular weight excluding hydrogens is 308 g/mol. The zero-order chi connectivity index (χ0) is 18.8. The van der Waals surface area contributed by atoms with Crippen LogP contribution in [0.25, 0.3) is 0 Å². The number of hydrogen-bond acceptors (Lipinski definition) is 1. The highest BCUT2D eigenvalue weighted by Crippen LogP contribution is 2.12. The number of hydrogen-bond donors (Lipinski definition) is 1. The van der Waals surface area contributed by atoms with Gasteiger partial charge >= 0.3 is 0 Å². The molecule has 3 nitrogen and oxygen atoms in total. The Kier molecular flexibility index (Phi) is 16.5. The lowest BCUT2D eigenvalue weighted by molar-refractivity contribution is -0.870. The van der Waals surface area contributed by atoms with Crippen molar-refractivity contribution >= 4 is 5.91 Å². The van der Waals surface area contributed by atoms with E-state index in [1.54, 1.807) is 0 Å². The molecule has 0 heterocycles. The number of amides is 1. The van der Waals surface area contributed by atoms with Crippen molar-refractivity contribution in [3.63, 3.8) is 0 Å². The number of carbonyl (C=O) groups excluding carboxylic acids is 1. The molecule has 0 atom stereocenters. The molecule has 25 heavy (non-hydrogen) atoms. The molecule has 0 saturated heterocycles. The first kappa shape index (κ1) is 24.4. The second-order valence-electron chi connectivity index (χ2n) is 8.71. The lowest BCUT2D eigenvalue weighted by Gasteiger charge is -2.23. The van der Waals surface area contributed by atoms with Gasteiger partial charge in [-0.2, -0.15) is 0 Å². The molecule has 3 heteroatoms. The molecule has 0 aliphatic carbocycles. The van der Waals surface area contributed by atoms with Gasteiger partial charge in [0.25, 0.3) is 0 Å². The Morgan fingerprint density at radius 1 is 0.680 bits per heavy atom. The fourth-order valence-electron chi connectivity index (χ4n) is 3.17. The zero-order valence-electron chi connectivity index (χ0n) is 17.9. The summed E-state index contributed by atoms with van der Waals surface area (Å²) in [5, 5.41) is 3.05. The van der Waals surface area contributed by atoms with Gasteiger partial charge in [0.1, 0.15) is 0 Å². The minimum Gasteiger partial charge on any atom is -0.356 e. The Bertz CT molecular complexity index is 297. The van der Waals surface area contributed by atoms with Crippen molar-refractivity contribution in [1.82, 2.24) is 5.32 Å². The molecule has 0 spiro atoms. The van der Waals surface area contributed by atoms with Gasteiger partial charge in [-0.3, -0.25) is 4.79 Å². The molecule has 150 valence electrons. The first-order valence-corrected chi connectivity index (χ1v) is 11.0. The lowest BCUT2D eigenvalue weighted by Crippen LogP contribution is -2.37. The molecule has 0 radical (unpaired) electrons. The van der Waals surface area contributed by atoms with Crippen LogP contribution in [-0.4, -0.2) is 44.6 Å². The maximum atomic E-state index is 11.8. The molecule has 0 aliphatic rings. The van der Waals surface area contributed by atoms with Crippen LogP contribution in [0.4, 0.5) is 0 Å². The van der Waals surface area contributed by atoms with Crippen LogP contribution in [0.1, 0.15) is 103 Å². The van der Waals surface area contributed by atoms with E-state index in [1.165, 1.54) is 77.0 Å². The van der Waals surface area contributed by atoms with Crippen LogP contribution in [0.3, 0.4) is 0 Å². The van der Waals surface area contributed by atoms with Gasteiger partial charge in [-0.25, -0.2) is 0 Å². The summed E-state index contributed by atoms with van der Waals surface area (Å²) in [6, 6.07) is 0. The summed E-state index contributed by atoms with van der Waals surface area (Å²) in [7, 11) is 6.57. The Labute approximate surface area is 158 Å². The van der Waals surface area contributed by atoms with Gasteiger partial charge in [-0.1, -0.05) is 84.0 Å². The molecule has 0 unspecified atom stereocenters. The topological polar surface area (TPSA) is 29.1 Å². The first-order valence-electron chi connectivity index (χ1n) is 11.0. The minimum absolute atomic E-state index is 0.240. The predicted octanol–water partition coefficient (Wildman–Crippen LogP) is 5.68. The van der Waals surface area contributed by atoms with Gasteiger partial charge in [0.05, 0.1) is 27.7 Å². The van der Waals surface area contributed by atoms with Crippen LogP contribution in [-0.2, 0) is 4.79 Å². The van der Waals surface area contributed by atoms with E-state index in [2.05, 4.69) is 33.4 Å². The van der Waals surface area contributed by atoms with Crippen molar-refractivity contribution in [2.45, 2.75) is 103 Å². The fraction of sp³-hybridized carbons (Fsp3) is 0.955. The molecular formula is C22H47N2O+. The summed E-state index contributed by atoms with van der Waals surface area (Å²) in [5.41, 5.74) is 0. The van der Waals surface area contributed by atoms with Gasteiger partial charge in [-0.05, 0) is 6.42 Å². The maximum Gasteiger partial charge on any atom is 0.219 e. The second-order valence-corrected chi connectivity index (χ2v) is 8.71. The number of nitrogens with one attached hydrogen (secondary N) is 1. The van der Waals surface area contributed by atoms with Gasteiger partial charge in [-0.15, -0.1) is 0 Å². The minimum atomic E-state index is 0.240. The van der Waals surface area contributed by atoms with E-state index in [4.69, 9.17) is 0 Å². The Balaban J connectivity index is 3.18. The second kappa shape index (κ2) is 16.9. The fourth-order valence-corrected chi connectivity index (χ4v) is 3.17. The Hall–Kier alpha value is -0.570. The molecule has 0 rings (SSSR count). The van der Waals surface area contributed by atoms with Crippen molar-refractivity contribution in [3.05, 3.63) is 0 Å². The van der Waals surface area contributed by atoms with Crippen molar-refractivity contribution in [1.29, 1.82) is 0 Å².